The number of benzene rings is 1. The standard InChI is InChI=1S/C12H15ClN2O4S/c1-20(18,19)15-6-4-14(5-7-15)12(17)9-2-3-11(16)10(13)8-9/h2-3,8,16H,4-7H2,1H3. The van der Waals surface area contributed by atoms with Gasteiger partial charge in [-0.1, -0.05) is 11.6 Å². The summed E-state index contributed by atoms with van der Waals surface area (Å²) in [6.45, 7) is 1.25. The van der Waals surface area contributed by atoms with E-state index < -0.39 is 10.0 Å². The topological polar surface area (TPSA) is 77.9 Å². The van der Waals surface area contributed by atoms with Crippen LogP contribution in [0.3, 0.4) is 0 Å². The number of rotatable bonds is 2. The molecule has 0 spiro atoms. The van der Waals surface area contributed by atoms with Crippen LogP contribution in [-0.2, 0) is 10.0 Å². The minimum absolute atomic E-state index is 0.0786. The summed E-state index contributed by atoms with van der Waals surface area (Å²) in [6.07, 6.45) is 1.16. The lowest BCUT2D eigenvalue weighted by Gasteiger charge is -2.33. The zero-order valence-electron chi connectivity index (χ0n) is 10.9. The summed E-state index contributed by atoms with van der Waals surface area (Å²) in [5, 5.41) is 9.45. The van der Waals surface area contributed by atoms with Crippen molar-refractivity contribution >= 4 is 27.5 Å². The van der Waals surface area contributed by atoms with Crippen molar-refractivity contribution in [2.24, 2.45) is 0 Å². The molecule has 0 aromatic heterocycles. The average Bonchev–Trinajstić information content (AvgIpc) is 2.40. The third kappa shape index (κ3) is 3.23. The fourth-order valence-corrected chi connectivity index (χ4v) is 3.05. The quantitative estimate of drug-likeness (QED) is 0.873. The second kappa shape index (κ2) is 5.59. The summed E-state index contributed by atoms with van der Waals surface area (Å²) in [5.41, 5.74) is 0.376. The molecular weight excluding hydrogens is 304 g/mol. The number of phenols is 1. The number of aromatic hydroxyl groups is 1. The van der Waals surface area contributed by atoms with E-state index >= 15 is 0 Å². The Morgan fingerprint density at radius 1 is 1.25 bits per heavy atom. The van der Waals surface area contributed by atoms with Crippen LogP contribution in [0.2, 0.25) is 5.02 Å². The summed E-state index contributed by atoms with van der Waals surface area (Å²) in [7, 11) is -3.21. The van der Waals surface area contributed by atoms with E-state index in [4.69, 9.17) is 11.6 Å². The zero-order chi connectivity index (χ0) is 14.9. The van der Waals surface area contributed by atoms with E-state index in [9.17, 15) is 18.3 Å². The van der Waals surface area contributed by atoms with Crippen molar-refractivity contribution in [2.45, 2.75) is 0 Å². The van der Waals surface area contributed by atoms with E-state index in [2.05, 4.69) is 0 Å². The SMILES string of the molecule is CS(=O)(=O)N1CCN(C(=O)c2ccc(O)c(Cl)c2)CC1. The average molecular weight is 319 g/mol. The zero-order valence-corrected chi connectivity index (χ0v) is 12.5. The second-order valence-electron chi connectivity index (χ2n) is 4.62. The third-order valence-electron chi connectivity index (χ3n) is 3.19. The molecule has 1 saturated heterocycles. The van der Waals surface area contributed by atoms with Crippen molar-refractivity contribution in [2.75, 3.05) is 32.4 Å². The summed E-state index contributed by atoms with van der Waals surface area (Å²) >= 11 is 5.77. The van der Waals surface area contributed by atoms with Gasteiger partial charge in [-0.15, -0.1) is 0 Å². The van der Waals surface area contributed by atoms with Gasteiger partial charge in [-0.2, -0.15) is 4.31 Å². The predicted octanol–water partition coefficient (Wildman–Crippen LogP) is 0.763. The first-order valence-corrected chi connectivity index (χ1v) is 8.24. The van der Waals surface area contributed by atoms with Crippen LogP contribution in [0, 0.1) is 0 Å². The smallest absolute Gasteiger partial charge is 0.253 e. The number of hydrogen-bond acceptors (Lipinski definition) is 4. The Bertz CT molecular complexity index is 624. The number of carbonyl (C=O) groups is 1. The highest BCUT2D eigenvalue weighted by Gasteiger charge is 2.26. The molecule has 1 fully saturated rings. The number of piperazine rings is 1. The minimum atomic E-state index is -3.21. The monoisotopic (exact) mass is 318 g/mol. The highest BCUT2D eigenvalue weighted by molar-refractivity contribution is 7.88. The summed E-state index contributed by atoms with van der Waals surface area (Å²) in [6, 6.07) is 4.26. The van der Waals surface area contributed by atoms with E-state index in [1.165, 1.54) is 22.5 Å². The Kier molecular flexibility index (Phi) is 4.22. The maximum atomic E-state index is 12.2. The van der Waals surface area contributed by atoms with Crippen LogP contribution in [0.15, 0.2) is 18.2 Å². The molecule has 6 nitrogen and oxygen atoms in total. The maximum Gasteiger partial charge on any atom is 0.253 e. The molecule has 0 unspecified atom stereocenters. The Labute approximate surface area is 122 Å². The number of amides is 1. The van der Waals surface area contributed by atoms with E-state index in [0.717, 1.165) is 6.26 Å². The lowest BCUT2D eigenvalue weighted by molar-refractivity contribution is 0.0698. The number of halogens is 1. The molecule has 8 heteroatoms. The van der Waals surface area contributed by atoms with Gasteiger partial charge >= 0.3 is 0 Å². The molecule has 20 heavy (non-hydrogen) atoms. The molecule has 1 amide bonds. The van der Waals surface area contributed by atoms with Gasteiger partial charge in [0.05, 0.1) is 11.3 Å². The molecule has 0 bridgehead atoms. The molecular formula is C12H15ClN2O4S. The molecule has 1 heterocycles. The fourth-order valence-electron chi connectivity index (χ4n) is 2.05. The molecule has 0 atom stereocenters. The lowest BCUT2D eigenvalue weighted by atomic mass is 10.2. The number of phenolic OH excluding ortho intramolecular Hbond substituents is 1. The van der Waals surface area contributed by atoms with Gasteiger partial charge in [0.1, 0.15) is 5.75 Å². The predicted molar refractivity (Wildman–Crippen MR) is 75.4 cm³/mol. The highest BCUT2D eigenvalue weighted by atomic mass is 35.5. The van der Waals surface area contributed by atoms with Gasteiger partial charge in [-0.05, 0) is 18.2 Å². The van der Waals surface area contributed by atoms with Crippen molar-refractivity contribution < 1.29 is 18.3 Å². The molecule has 1 aromatic carbocycles. The van der Waals surface area contributed by atoms with Crippen molar-refractivity contribution in [3.8, 4) is 5.75 Å². The van der Waals surface area contributed by atoms with Crippen molar-refractivity contribution in [3.63, 3.8) is 0 Å². The van der Waals surface area contributed by atoms with Crippen LogP contribution in [0.25, 0.3) is 0 Å². The molecule has 2 rings (SSSR count). The molecule has 1 aliphatic rings. The van der Waals surface area contributed by atoms with Gasteiger partial charge in [-0.3, -0.25) is 4.79 Å². The van der Waals surface area contributed by atoms with E-state index in [0.29, 0.717) is 18.7 Å². The van der Waals surface area contributed by atoms with Gasteiger partial charge in [0.25, 0.3) is 5.91 Å². The Morgan fingerprint density at radius 2 is 1.85 bits per heavy atom. The van der Waals surface area contributed by atoms with Crippen LogP contribution in [0.5, 0.6) is 5.75 Å². The number of carbonyl (C=O) groups excluding carboxylic acids is 1. The van der Waals surface area contributed by atoms with Gasteiger partial charge in [-0.25, -0.2) is 8.42 Å². The number of nitrogens with zero attached hydrogens (tertiary/aromatic N) is 2. The van der Waals surface area contributed by atoms with Gasteiger partial charge in [0.2, 0.25) is 10.0 Å². The van der Waals surface area contributed by atoms with Crippen LogP contribution in [0.1, 0.15) is 10.4 Å². The van der Waals surface area contributed by atoms with E-state index in [1.807, 2.05) is 0 Å². The molecule has 0 aliphatic carbocycles. The van der Waals surface area contributed by atoms with E-state index in [1.54, 1.807) is 4.90 Å². The Morgan fingerprint density at radius 3 is 2.35 bits per heavy atom. The van der Waals surface area contributed by atoms with Gasteiger partial charge in [0.15, 0.2) is 0 Å². The second-order valence-corrected chi connectivity index (χ2v) is 7.01. The first kappa shape index (κ1) is 15.1. The van der Waals surface area contributed by atoms with Crippen LogP contribution < -0.4 is 0 Å². The third-order valence-corrected chi connectivity index (χ3v) is 4.80. The van der Waals surface area contributed by atoms with Crippen molar-refractivity contribution in [3.05, 3.63) is 28.8 Å². The lowest BCUT2D eigenvalue weighted by Crippen LogP contribution is -2.50. The highest BCUT2D eigenvalue weighted by Crippen LogP contribution is 2.24. The largest absolute Gasteiger partial charge is 0.506 e. The maximum absolute atomic E-state index is 12.2. The Balaban J connectivity index is 2.07. The first-order valence-electron chi connectivity index (χ1n) is 6.02. The molecule has 1 aliphatic heterocycles. The van der Waals surface area contributed by atoms with E-state index in [-0.39, 0.29) is 29.8 Å². The number of hydrogen-bond donors (Lipinski definition) is 1. The van der Waals surface area contributed by atoms with Crippen LogP contribution in [-0.4, -0.2) is 61.1 Å². The summed E-state index contributed by atoms with van der Waals surface area (Å²) in [4.78, 5) is 13.8. The van der Waals surface area contributed by atoms with Gasteiger partial charge in [0, 0.05) is 31.7 Å². The summed E-state index contributed by atoms with van der Waals surface area (Å²) in [5.74, 6) is -0.301. The molecule has 110 valence electrons. The first-order chi connectivity index (χ1) is 9.29. The van der Waals surface area contributed by atoms with Crippen molar-refractivity contribution in [1.29, 1.82) is 0 Å². The van der Waals surface area contributed by atoms with Crippen molar-refractivity contribution in [1.82, 2.24) is 9.21 Å². The van der Waals surface area contributed by atoms with Crippen LogP contribution >= 0.6 is 11.6 Å². The fraction of sp³-hybridized carbons (Fsp3) is 0.417. The summed E-state index contributed by atoms with van der Waals surface area (Å²) < 4.78 is 24.1. The normalized spacial score (nSPS) is 17.2. The number of sulfonamides is 1. The minimum Gasteiger partial charge on any atom is -0.506 e. The molecule has 1 N–H and O–H groups in total. The van der Waals surface area contributed by atoms with Crippen LogP contribution in [0.4, 0.5) is 0 Å². The molecule has 1 aromatic rings. The molecule has 0 radical (unpaired) electrons. The molecule has 0 saturated carbocycles. The van der Waals surface area contributed by atoms with Gasteiger partial charge < -0.3 is 10.0 Å². The Hall–Kier alpha value is -1.31.